The molecule has 1 heterocycles. The molecule has 0 atom stereocenters. The summed E-state index contributed by atoms with van der Waals surface area (Å²) in [6.45, 7) is 1.57. The van der Waals surface area contributed by atoms with Crippen molar-refractivity contribution >= 4 is 44.8 Å². The highest BCUT2D eigenvalue weighted by Gasteiger charge is 2.20. The summed E-state index contributed by atoms with van der Waals surface area (Å²) in [6.07, 6.45) is 0. The van der Waals surface area contributed by atoms with Crippen LogP contribution in [0, 0.1) is 0 Å². The van der Waals surface area contributed by atoms with Crippen molar-refractivity contribution in [2.75, 3.05) is 20.3 Å². The van der Waals surface area contributed by atoms with E-state index >= 15 is 0 Å². The maximum atomic E-state index is 12.7. The first kappa shape index (κ1) is 16.5. The van der Waals surface area contributed by atoms with Crippen molar-refractivity contribution in [3.63, 3.8) is 0 Å². The Kier molecular flexibility index (Phi) is 6.23. The third-order valence-electron chi connectivity index (χ3n) is 2.96. The fourth-order valence-electron chi connectivity index (χ4n) is 1.88. The van der Waals surface area contributed by atoms with E-state index in [0.717, 1.165) is 9.35 Å². The molecule has 1 amide bonds. The molecule has 0 saturated carbocycles. The van der Waals surface area contributed by atoms with Crippen molar-refractivity contribution in [3.8, 4) is 0 Å². The predicted molar refractivity (Wildman–Crippen MR) is 90.1 cm³/mol. The zero-order valence-electron chi connectivity index (χ0n) is 11.5. The highest BCUT2D eigenvalue weighted by molar-refractivity contribution is 9.10. The number of rotatable bonds is 6. The van der Waals surface area contributed by atoms with Gasteiger partial charge in [-0.3, -0.25) is 4.79 Å². The standard InChI is InChI=1S/C15H15BrClNO2S/c1-20-8-7-18(10-11-4-3-9-21-11)15(19)12-5-2-6-13(16)14(12)17/h2-6,9H,7-8,10H2,1H3. The lowest BCUT2D eigenvalue weighted by molar-refractivity contribution is 0.0682. The Morgan fingerprint density at radius 1 is 1.38 bits per heavy atom. The number of methoxy groups -OCH3 is 1. The topological polar surface area (TPSA) is 29.5 Å². The normalized spacial score (nSPS) is 10.6. The van der Waals surface area contributed by atoms with E-state index < -0.39 is 0 Å². The minimum atomic E-state index is -0.0910. The maximum Gasteiger partial charge on any atom is 0.255 e. The summed E-state index contributed by atoms with van der Waals surface area (Å²) < 4.78 is 5.82. The van der Waals surface area contributed by atoms with Crippen LogP contribution in [0.25, 0.3) is 0 Å². The van der Waals surface area contributed by atoms with Gasteiger partial charge in [0.05, 0.1) is 23.7 Å². The van der Waals surface area contributed by atoms with Crippen molar-refractivity contribution in [2.24, 2.45) is 0 Å². The second-order valence-electron chi connectivity index (χ2n) is 4.40. The van der Waals surface area contributed by atoms with Gasteiger partial charge in [0.15, 0.2) is 0 Å². The maximum absolute atomic E-state index is 12.7. The number of carbonyl (C=O) groups excluding carboxylic acids is 1. The molecule has 2 aromatic rings. The SMILES string of the molecule is COCCN(Cc1cccs1)C(=O)c1cccc(Br)c1Cl. The van der Waals surface area contributed by atoms with E-state index in [0.29, 0.717) is 30.3 Å². The Morgan fingerprint density at radius 2 is 2.19 bits per heavy atom. The van der Waals surface area contributed by atoms with Gasteiger partial charge >= 0.3 is 0 Å². The molecular formula is C15H15BrClNO2S. The third-order valence-corrected chi connectivity index (χ3v) is 5.12. The number of carbonyl (C=O) groups is 1. The smallest absolute Gasteiger partial charge is 0.255 e. The van der Waals surface area contributed by atoms with E-state index in [4.69, 9.17) is 16.3 Å². The van der Waals surface area contributed by atoms with Crippen LogP contribution < -0.4 is 0 Å². The lowest BCUT2D eigenvalue weighted by atomic mass is 10.2. The lowest BCUT2D eigenvalue weighted by Gasteiger charge is -2.22. The second kappa shape index (κ2) is 7.94. The molecule has 2 rings (SSSR count). The van der Waals surface area contributed by atoms with E-state index in [1.165, 1.54) is 0 Å². The van der Waals surface area contributed by atoms with Crippen LogP contribution in [-0.4, -0.2) is 31.1 Å². The molecule has 0 N–H and O–H groups in total. The Bertz CT molecular complexity index is 604. The zero-order valence-corrected chi connectivity index (χ0v) is 14.7. The van der Waals surface area contributed by atoms with E-state index in [2.05, 4.69) is 15.9 Å². The van der Waals surface area contributed by atoms with Gasteiger partial charge in [-0.05, 0) is 39.5 Å². The van der Waals surface area contributed by atoms with E-state index in [-0.39, 0.29) is 5.91 Å². The highest BCUT2D eigenvalue weighted by Crippen LogP contribution is 2.27. The Balaban J connectivity index is 2.22. The molecule has 112 valence electrons. The van der Waals surface area contributed by atoms with Gasteiger partial charge in [-0.2, -0.15) is 0 Å². The van der Waals surface area contributed by atoms with Crippen LogP contribution in [0.15, 0.2) is 40.2 Å². The molecule has 0 fully saturated rings. The molecule has 0 spiro atoms. The monoisotopic (exact) mass is 387 g/mol. The van der Waals surface area contributed by atoms with Gasteiger partial charge < -0.3 is 9.64 Å². The molecule has 0 aliphatic heterocycles. The lowest BCUT2D eigenvalue weighted by Crippen LogP contribution is -2.33. The fourth-order valence-corrected chi connectivity index (χ4v) is 3.18. The van der Waals surface area contributed by atoms with Crippen LogP contribution in [0.3, 0.4) is 0 Å². The van der Waals surface area contributed by atoms with Crippen LogP contribution in [0.2, 0.25) is 5.02 Å². The number of hydrogen-bond acceptors (Lipinski definition) is 3. The summed E-state index contributed by atoms with van der Waals surface area (Å²) in [5, 5.41) is 2.44. The average Bonchev–Trinajstić information content (AvgIpc) is 2.98. The first-order chi connectivity index (χ1) is 10.1. The summed E-state index contributed by atoms with van der Waals surface area (Å²) in [6, 6.07) is 9.36. The van der Waals surface area contributed by atoms with Crippen molar-refractivity contribution < 1.29 is 9.53 Å². The Morgan fingerprint density at radius 3 is 2.86 bits per heavy atom. The summed E-state index contributed by atoms with van der Waals surface area (Å²) >= 11 is 11.2. The molecule has 0 aliphatic carbocycles. The summed E-state index contributed by atoms with van der Waals surface area (Å²) in [4.78, 5) is 15.6. The molecule has 21 heavy (non-hydrogen) atoms. The zero-order chi connectivity index (χ0) is 15.2. The van der Waals surface area contributed by atoms with Gasteiger partial charge in [0.25, 0.3) is 5.91 Å². The predicted octanol–water partition coefficient (Wildman–Crippen LogP) is 4.45. The first-order valence-electron chi connectivity index (χ1n) is 6.38. The summed E-state index contributed by atoms with van der Waals surface area (Å²) in [7, 11) is 1.62. The van der Waals surface area contributed by atoms with Crippen LogP contribution >= 0.6 is 38.9 Å². The van der Waals surface area contributed by atoms with Crippen LogP contribution in [0.4, 0.5) is 0 Å². The number of amides is 1. The van der Waals surface area contributed by atoms with Crippen molar-refractivity contribution in [1.82, 2.24) is 4.90 Å². The van der Waals surface area contributed by atoms with Gasteiger partial charge in [-0.15, -0.1) is 11.3 Å². The van der Waals surface area contributed by atoms with Gasteiger partial charge in [0, 0.05) is 23.0 Å². The molecule has 1 aromatic heterocycles. The van der Waals surface area contributed by atoms with Crippen LogP contribution in [0.1, 0.15) is 15.2 Å². The number of benzene rings is 1. The molecule has 0 bridgehead atoms. The minimum Gasteiger partial charge on any atom is -0.383 e. The summed E-state index contributed by atoms with van der Waals surface area (Å²) in [5.41, 5.74) is 0.499. The second-order valence-corrected chi connectivity index (χ2v) is 6.66. The first-order valence-corrected chi connectivity index (χ1v) is 8.43. The summed E-state index contributed by atoms with van der Waals surface area (Å²) in [5.74, 6) is -0.0910. The molecule has 0 unspecified atom stereocenters. The van der Waals surface area contributed by atoms with Gasteiger partial charge in [-0.1, -0.05) is 23.7 Å². The average molecular weight is 389 g/mol. The quantitative estimate of drug-likeness (QED) is 0.731. The van der Waals surface area contributed by atoms with Crippen molar-refractivity contribution in [3.05, 3.63) is 55.6 Å². The van der Waals surface area contributed by atoms with Crippen LogP contribution in [0.5, 0.6) is 0 Å². The number of halogens is 2. The molecular weight excluding hydrogens is 374 g/mol. The van der Waals surface area contributed by atoms with Gasteiger partial charge in [-0.25, -0.2) is 0 Å². The van der Waals surface area contributed by atoms with E-state index in [9.17, 15) is 4.79 Å². The Hall–Kier alpha value is -0.880. The van der Waals surface area contributed by atoms with E-state index in [1.807, 2.05) is 29.6 Å². The van der Waals surface area contributed by atoms with Crippen molar-refractivity contribution in [1.29, 1.82) is 0 Å². The third kappa shape index (κ3) is 4.30. The number of ether oxygens (including phenoxy) is 1. The van der Waals surface area contributed by atoms with Gasteiger partial charge in [0.2, 0.25) is 0 Å². The molecule has 0 aliphatic rings. The molecule has 0 radical (unpaired) electrons. The van der Waals surface area contributed by atoms with Crippen LogP contribution in [-0.2, 0) is 11.3 Å². The van der Waals surface area contributed by atoms with Crippen molar-refractivity contribution in [2.45, 2.75) is 6.54 Å². The Labute approximate surface area is 141 Å². The number of thiophene rings is 1. The number of nitrogens with zero attached hydrogens (tertiary/aromatic N) is 1. The molecule has 1 aromatic carbocycles. The minimum absolute atomic E-state index is 0.0910. The van der Waals surface area contributed by atoms with Gasteiger partial charge in [0.1, 0.15) is 0 Å². The highest BCUT2D eigenvalue weighted by atomic mass is 79.9. The largest absolute Gasteiger partial charge is 0.383 e. The fraction of sp³-hybridized carbons (Fsp3) is 0.267. The number of hydrogen-bond donors (Lipinski definition) is 0. The molecule has 3 nitrogen and oxygen atoms in total. The molecule has 6 heteroatoms. The van der Waals surface area contributed by atoms with E-state index in [1.54, 1.807) is 29.4 Å². The molecule has 0 saturated heterocycles.